The van der Waals surface area contributed by atoms with Crippen LogP contribution in [0.25, 0.3) is 0 Å². The van der Waals surface area contributed by atoms with Crippen molar-refractivity contribution in [2.45, 2.75) is 6.10 Å². The fourth-order valence-corrected chi connectivity index (χ4v) is 1.81. The third kappa shape index (κ3) is 4.35. The van der Waals surface area contributed by atoms with E-state index in [1.165, 1.54) is 0 Å². The molecule has 0 aliphatic carbocycles. The van der Waals surface area contributed by atoms with Gasteiger partial charge in [0.25, 0.3) is 5.91 Å². The van der Waals surface area contributed by atoms with Gasteiger partial charge in [-0.1, -0.05) is 11.8 Å². The van der Waals surface area contributed by atoms with E-state index in [1.807, 2.05) is 0 Å². The van der Waals surface area contributed by atoms with Crippen molar-refractivity contribution in [3.63, 3.8) is 0 Å². The number of carbonyl (C=O) groups excluding carboxylic acids is 1. The number of nitrogens with one attached hydrogen (secondary N) is 1. The Morgan fingerprint density at radius 1 is 1.35 bits per heavy atom. The lowest BCUT2D eigenvalue weighted by molar-refractivity contribution is -0.0855. The molecule has 1 aliphatic heterocycles. The fourth-order valence-electron chi connectivity index (χ4n) is 1.81. The summed E-state index contributed by atoms with van der Waals surface area (Å²) >= 11 is 0. The first-order chi connectivity index (χ1) is 9.79. The van der Waals surface area contributed by atoms with Crippen molar-refractivity contribution in [2.24, 2.45) is 0 Å². The highest BCUT2D eigenvalue weighted by Gasteiger charge is 2.15. The first-order valence-electron chi connectivity index (χ1n) is 6.47. The number of aliphatic hydroxyl groups is 1. The van der Waals surface area contributed by atoms with E-state index < -0.39 is 0 Å². The van der Waals surface area contributed by atoms with Crippen molar-refractivity contribution in [3.05, 3.63) is 35.4 Å². The maximum absolute atomic E-state index is 11.9. The molecule has 1 heterocycles. The van der Waals surface area contributed by atoms with Crippen molar-refractivity contribution in [3.8, 4) is 11.8 Å². The standard InChI is InChI=1S/C15H17NO4/c17-7-1-2-12-3-5-13(6-4-12)15(18)16-10-14-11-19-8-9-20-14/h3-6,14,17H,7-11H2,(H,16,18). The normalized spacial score (nSPS) is 17.9. The minimum absolute atomic E-state index is 0.0811. The van der Waals surface area contributed by atoms with E-state index in [0.717, 1.165) is 5.56 Å². The molecule has 5 nitrogen and oxygen atoms in total. The second-order valence-electron chi connectivity index (χ2n) is 4.31. The van der Waals surface area contributed by atoms with Gasteiger partial charge < -0.3 is 19.9 Å². The molecular weight excluding hydrogens is 258 g/mol. The summed E-state index contributed by atoms with van der Waals surface area (Å²) < 4.78 is 10.7. The molecule has 0 bridgehead atoms. The molecule has 2 N–H and O–H groups in total. The number of benzene rings is 1. The summed E-state index contributed by atoms with van der Waals surface area (Å²) in [5, 5.41) is 11.4. The Bertz CT molecular complexity index is 495. The molecule has 1 atom stereocenters. The Labute approximate surface area is 117 Å². The summed E-state index contributed by atoms with van der Waals surface area (Å²) in [6.45, 7) is 1.95. The van der Waals surface area contributed by atoms with Crippen LogP contribution >= 0.6 is 0 Å². The Morgan fingerprint density at radius 2 is 2.15 bits per heavy atom. The zero-order chi connectivity index (χ0) is 14.2. The number of hydrogen-bond acceptors (Lipinski definition) is 4. The van der Waals surface area contributed by atoms with Gasteiger partial charge in [-0.25, -0.2) is 0 Å². The van der Waals surface area contributed by atoms with E-state index in [2.05, 4.69) is 17.2 Å². The summed E-state index contributed by atoms with van der Waals surface area (Å²) in [7, 11) is 0. The Balaban J connectivity index is 1.85. The summed E-state index contributed by atoms with van der Waals surface area (Å²) in [6, 6.07) is 6.90. The second-order valence-corrected chi connectivity index (χ2v) is 4.31. The van der Waals surface area contributed by atoms with Crippen molar-refractivity contribution < 1.29 is 19.4 Å². The quantitative estimate of drug-likeness (QED) is 0.772. The number of hydrogen-bond donors (Lipinski definition) is 2. The van der Waals surface area contributed by atoms with Crippen LogP contribution in [0.3, 0.4) is 0 Å². The molecule has 1 aromatic carbocycles. The molecule has 1 aliphatic rings. The topological polar surface area (TPSA) is 67.8 Å². The molecule has 0 aromatic heterocycles. The van der Waals surface area contributed by atoms with Gasteiger partial charge in [0, 0.05) is 17.7 Å². The Morgan fingerprint density at radius 3 is 2.80 bits per heavy atom. The summed E-state index contributed by atoms with van der Waals surface area (Å²) in [5.41, 5.74) is 1.33. The monoisotopic (exact) mass is 275 g/mol. The van der Waals surface area contributed by atoms with E-state index in [0.29, 0.717) is 31.9 Å². The van der Waals surface area contributed by atoms with Crippen LogP contribution in [0.5, 0.6) is 0 Å². The molecule has 1 fully saturated rings. The van der Waals surface area contributed by atoms with E-state index >= 15 is 0 Å². The predicted molar refractivity (Wildman–Crippen MR) is 73.3 cm³/mol. The van der Waals surface area contributed by atoms with Crippen molar-refractivity contribution in [1.82, 2.24) is 5.32 Å². The molecule has 0 spiro atoms. The van der Waals surface area contributed by atoms with Crippen LogP contribution in [0, 0.1) is 11.8 Å². The van der Waals surface area contributed by atoms with Gasteiger partial charge in [-0.05, 0) is 24.3 Å². The minimum atomic E-state index is -0.175. The zero-order valence-corrected chi connectivity index (χ0v) is 11.1. The smallest absolute Gasteiger partial charge is 0.251 e. The Hall–Kier alpha value is -1.87. The number of ether oxygens (including phenoxy) is 2. The van der Waals surface area contributed by atoms with Crippen LogP contribution in [0.1, 0.15) is 15.9 Å². The lowest BCUT2D eigenvalue weighted by atomic mass is 10.1. The lowest BCUT2D eigenvalue weighted by Crippen LogP contribution is -2.39. The highest BCUT2D eigenvalue weighted by molar-refractivity contribution is 5.94. The molecule has 2 rings (SSSR count). The predicted octanol–water partition coefficient (Wildman–Crippen LogP) is 0.176. The van der Waals surface area contributed by atoms with Gasteiger partial charge in [0.05, 0.1) is 25.9 Å². The van der Waals surface area contributed by atoms with Crippen LogP contribution in [0.4, 0.5) is 0 Å². The SMILES string of the molecule is O=C(NCC1COCCO1)c1ccc(C#CCO)cc1. The number of aliphatic hydroxyl groups excluding tert-OH is 1. The first-order valence-corrected chi connectivity index (χ1v) is 6.47. The number of amides is 1. The lowest BCUT2D eigenvalue weighted by Gasteiger charge is -2.23. The van der Waals surface area contributed by atoms with Crippen molar-refractivity contribution in [1.29, 1.82) is 0 Å². The molecule has 1 saturated heterocycles. The largest absolute Gasteiger partial charge is 0.384 e. The van der Waals surface area contributed by atoms with Gasteiger partial charge in [-0.2, -0.15) is 0 Å². The van der Waals surface area contributed by atoms with Gasteiger partial charge in [0.1, 0.15) is 6.61 Å². The molecule has 1 unspecified atom stereocenters. The molecule has 0 radical (unpaired) electrons. The van der Waals surface area contributed by atoms with E-state index in [-0.39, 0.29) is 18.6 Å². The molecule has 5 heteroatoms. The first kappa shape index (κ1) is 14.5. The summed E-state index contributed by atoms with van der Waals surface area (Å²) in [6.07, 6.45) is -0.0811. The minimum Gasteiger partial charge on any atom is -0.384 e. The van der Waals surface area contributed by atoms with Gasteiger partial charge >= 0.3 is 0 Å². The molecule has 1 amide bonds. The van der Waals surface area contributed by atoms with Crippen LogP contribution in [0.2, 0.25) is 0 Å². The van der Waals surface area contributed by atoms with Gasteiger partial charge in [-0.3, -0.25) is 4.79 Å². The third-order valence-electron chi connectivity index (χ3n) is 2.83. The average Bonchev–Trinajstić information content (AvgIpc) is 2.52. The fraction of sp³-hybridized carbons (Fsp3) is 0.400. The van der Waals surface area contributed by atoms with Crippen LogP contribution in [-0.4, -0.2) is 50.1 Å². The van der Waals surface area contributed by atoms with E-state index in [9.17, 15) is 4.79 Å². The van der Waals surface area contributed by atoms with Gasteiger partial charge in [0.2, 0.25) is 0 Å². The molecule has 106 valence electrons. The molecule has 0 saturated carbocycles. The molecule has 1 aromatic rings. The maximum atomic E-state index is 11.9. The highest BCUT2D eigenvalue weighted by atomic mass is 16.6. The van der Waals surface area contributed by atoms with Crippen molar-refractivity contribution >= 4 is 5.91 Å². The molecular formula is C15H17NO4. The molecule has 20 heavy (non-hydrogen) atoms. The van der Waals surface area contributed by atoms with Gasteiger partial charge in [0.15, 0.2) is 0 Å². The third-order valence-corrected chi connectivity index (χ3v) is 2.83. The number of rotatable bonds is 3. The summed E-state index contributed by atoms with van der Waals surface area (Å²) in [5.74, 6) is 5.18. The van der Waals surface area contributed by atoms with Gasteiger partial charge in [-0.15, -0.1) is 0 Å². The zero-order valence-electron chi connectivity index (χ0n) is 11.1. The summed E-state index contributed by atoms with van der Waals surface area (Å²) in [4.78, 5) is 11.9. The van der Waals surface area contributed by atoms with E-state index in [1.54, 1.807) is 24.3 Å². The average molecular weight is 275 g/mol. The highest BCUT2D eigenvalue weighted by Crippen LogP contribution is 2.04. The number of carbonyl (C=O) groups is 1. The second kappa shape index (κ2) is 7.65. The van der Waals surface area contributed by atoms with Crippen LogP contribution in [-0.2, 0) is 9.47 Å². The van der Waals surface area contributed by atoms with Crippen LogP contribution < -0.4 is 5.32 Å². The van der Waals surface area contributed by atoms with Crippen molar-refractivity contribution in [2.75, 3.05) is 33.0 Å². The van der Waals surface area contributed by atoms with E-state index in [4.69, 9.17) is 14.6 Å². The maximum Gasteiger partial charge on any atom is 0.251 e. The Kier molecular flexibility index (Phi) is 5.56. The van der Waals surface area contributed by atoms with Crippen LogP contribution in [0.15, 0.2) is 24.3 Å².